The quantitative estimate of drug-likeness (QED) is 0.565. The molecule has 0 aromatic heterocycles. The molecule has 0 bridgehead atoms. The van der Waals surface area contributed by atoms with Crippen LogP contribution >= 0.6 is 0 Å². The summed E-state index contributed by atoms with van der Waals surface area (Å²) in [5.74, 6) is 0.0188. The van der Waals surface area contributed by atoms with Gasteiger partial charge in [-0.3, -0.25) is 4.79 Å². The van der Waals surface area contributed by atoms with E-state index in [1.54, 1.807) is 38.1 Å². The van der Waals surface area contributed by atoms with Crippen molar-refractivity contribution in [3.63, 3.8) is 0 Å². The number of hydrogen-bond acceptors (Lipinski definition) is 6. The van der Waals surface area contributed by atoms with Crippen LogP contribution in [-0.2, 0) is 6.42 Å². The Bertz CT molecular complexity index is 896. The molecule has 1 unspecified atom stereocenters. The van der Waals surface area contributed by atoms with E-state index >= 15 is 0 Å². The van der Waals surface area contributed by atoms with Crippen LogP contribution in [-0.4, -0.2) is 39.9 Å². The third-order valence-electron chi connectivity index (χ3n) is 4.69. The van der Waals surface area contributed by atoms with Gasteiger partial charge in [-0.05, 0) is 37.6 Å². The number of aliphatic hydroxyl groups excluding tert-OH is 1. The van der Waals surface area contributed by atoms with E-state index in [1.807, 2.05) is 0 Å². The molecular weight excluding hydrogens is 348 g/mol. The normalized spacial score (nSPS) is 18.0. The van der Waals surface area contributed by atoms with E-state index in [2.05, 4.69) is 0 Å². The standard InChI is InChI=1S/C21H22O6/c1-21(2)18(24)10-14-16(27-21)11-17(26-3)19(20(14)25)15(23)9-6-12-4-7-13(22)8-5-12/h4-9,11,18,22,24-25H,10H2,1-3H3/b9-6+. The van der Waals surface area contributed by atoms with Gasteiger partial charge < -0.3 is 24.8 Å². The average molecular weight is 370 g/mol. The summed E-state index contributed by atoms with van der Waals surface area (Å²) in [7, 11) is 1.41. The SMILES string of the molecule is COc1cc2c(c(O)c1C(=O)/C=C/c1ccc(O)cc1)CC(O)C(C)(C)O2. The van der Waals surface area contributed by atoms with Crippen LogP contribution in [0.2, 0.25) is 0 Å². The summed E-state index contributed by atoms with van der Waals surface area (Å²) >= 11 is 0. The van der Waals surface area contributed by atoms with E-state index in [1.165, 1.54) is 25.3 Å². The van der Waals surface area contributed by atoms with Crippen LogP contribution in [0.5, 0.6) is 23.0 Å². The van der Waals surface area contributed by atoms with Crippen LogP contribution < -0.4 is 9.47 Å². The Morgan fingerprint density at radius 2 is 1.93 bits per heavy atom. The topological polar surface area (TPSA) is 96.2 Å². The molecule has 3 N–H and O–H groups in total. The summed E-state index contributed by atoms with van der Waals surface area (Å²) in [5.41, 5.74) is 0.304. The maximum atomic E-state index is 12.7. The third-order valence-corrected chi connectivity index (χ3v) is 4.69. The maximum Gasteiger partial charge on any atom is 0.193 e. The number of benzene rings is 2. The number of phenols is 2. The third kappa shape index (κ3) is 3.61. The van der Waals surface area contributed by atoms with Gasteiger partial charge in [0.1, 0.15) is 34.2 Å². The molecule has 1 atom stereocenters. The molecule has 27 heavy (non-hydrogen) atoms. The van der Waals surface area contributed by atoms with Gasteiger partial charge in [0, 0.05) is 18.1 Å². The highest BCUT2D eigenvalue weighted by Gasteiger charge is 2.38. The highest BCUT2D eigenvalue weighted by Crippen LogP contribution is 2.44. The van der Waals surface area contributed by atoms with Crippen molar-refractivity contribution in [1.82, 2.24) is 0 Å². The Labute approximate surface area is 157 Å². The lowest BCUT2D eigenvalue weighted by atomic mass is 9.89. The van der Waals surface area contributed by atoms with Crippen molar-refractivity contribution in [2.75, 3.05) is 7.11 Å². The summed E-state index contributed by atoms with van der Waals surface area (Å²) in [6.07, 6.45) is 2.24. The first-order valence-electron chi connectivity index (χ1n) is 8.54. The predicted octanol–water partition coefficient (Wildman–Crippen LogP) is 3.08. The Morgan fingerprint density at radius 1 is 1.26 bits per heavy atom. The summed E-state index contributed by atoms with van der Waals surface area (Å²) in [6, 6.07) is 7.91. The summed E-state index contributed by atoms with van der Waals surface area (Å²) < 4.78 is 11.1. The van der Waals surface area contributed by atoms with E-state index in [-0.39, 0.29) is 29.2 Å². The number of carbonyl (C=O) groups is 1. The molecule has 0 fully saturated rings. The van der Waals surface area contributed by atoms with E-state index in [0.29, 0.717) is 11.3 Å². The van der Waals surface area contributed by atoms with Gasteiger partial charge >= 0.3 is 0 Å². The lowest BCUT2D eigenvalue weighted by Crippen LogP contribution is -2.46. The predicted molar refractivity (Wildman–Crippen MR) is 101 cm³/mol. The Kier molecular flexibility index (Phi) is 4.85. The first-order chi connectivity index (χ1) is 12.7. The zero-order chi connectivity index (χ0) is 19.8. The molecule has 142 valence electrons. The first kappa shape index (κ1) is 18.8. The van der Waals surface area contributed by atoms with Gasteiger partial charge in [0.15, 0.2) is 5.78 Å². The van der Waals surface area contributed by atoms with Crippen molar-refractivity contribution in [2.24, 2.45) is 0 Å². The fourth-order valence-electron chi connectivity index (χ4n) is 2.98. The Morgan fingerprint density at radius 3 is 2.56 bits per heavy atom. The van der Waals surface area contributed by atoms with Crippen molar-refractivity contribution < 1.29 is 29.6 Å². The number of phenolic OH excluding ortho intramolecular Hbond substituents is 2. The zero-order valence-corrected chi connectivity index (χ0v) is 15.4. The number of rotatable bonds is 4. The van der Waals surface area contributed by atoms with Gasteiger partial charge in [-0.15, -0.1) is 0 Å². The van der Waals surface area contributed by atoms with Gasteiger partial charge in [0.2, 0.25) is 0 Å². The molecule has 6 heteroatoms. The second kappa shape index (κ2) is 6.96. The molecule has 6 nitrogen and oxygen atoms in total. The second-order valence-corrected chi connectivity index (χ2v) is 6.99. The van der Waals surface area contributed by atoms with Crippen LogP contribution in [0, 0.1) is 0 Å². The number of aliphatic hydroxyl groups is 1. The molecule has 0 spiro atoms. The van der Waals surface area contributed by atoms with E-state index in [4.69, 9.17) is 9.47 Å². The number of aromatic hydroxyl groups is 2. The molecule has 0 saturated heterocycles. The maximum absolute atomic E-state index is 12.7. The largest absolute Gasteiger partial charge is 0.508 e. The van der Waals surface area contributed by atoms with Crippen LogP contribution in [0.15, 0.2) is 36.4 Å². The number of carbonyl (C=O) groups excluding carboxylic acids is 1. The number of allylic oxidation sites excluding steroid dienone is 1. The fourth-order valence-corrected chi connectivity index (χ4v) is 2.98. The molecule has 2 aromatic rings. The monoisotopic (exact) mass is 370 g/mol. The van der Waals surface area contributed by atoms with Crippen molar-refractivity contribution in [2.45, 2.75) is 32.0 Å². The van der Waals surface area contributed by atoms with Crippen molar-refractivity contribution in [3.8, 4) is 23.0 Å². The van der Waals surface area contributed by atoms with Gasteiger partial charge in [-0.25, -0.2) is 0 Å². The van der Waals surface area contributed by atoms with Crippen molar-refractivity contribution in [1.29, 1.82) is 0 Å². The van der Waals surface area contributed by atoms with Crippen LogP contribution in [0.25, 0.3) is 6.08 Å². The minimum Gasteiger partial charge on any atom is -0.508 e. The van der Waals surface area contributed by atoms with Crippen LogP contribution in [0.4, 0.5) is 0 Å². The lowest BCUT2D eigenvalue weighted by molar-refractivity contribution is -0.0418. The van der Waals surface area contributed by atoms with E-state index in [9.17, 15) is 20.1 Å². The second-order valence-electron chi connectivity index (χ2n) is 6.99. The minimum absolute atomic E-state index is 0.0155. The van der Waals surface area contributed by atoms with Gasteiger partial charge in [0.05, 0.1) is 13.2 Å². The number of hydrogen-bond donors (Lipinski definition) is 3. The molecule has 0 aliphatic carbocycles. The molecule has 0 saturated carbocycles. The molecule has 2 aromatic carbocycles. The van der Waals surface area contributed by atoms with E-state index in [0.717, 1.165) is 5.56 Å². The highest BCUT2D eigenvalue weighted by atomic mass is 16.5. The molecular formula is C21H22O6. The summed E-state index contributed by atoms with van der Waals surface area (Å²) in [6.45, 7) is 3.51. The minimum atomic E-state index is -0.820. The Hall–Kier alpha value is -2.99. The van der Waals surface area contributed by atoms with Crippen LogP contribution in [0.3, 0.4) is 0 Å². The van der Waals surface area contributed by atoms with Gasteiger partial charge in [-0.1, -0.05) is 18.2 Å². The lowest BCUT2D eigenvalue weighted by Gasteiger charge is -2.37. The van der Waals surface area contributed by atoms with Crippen LogP contribution in [0.1, 0.15) is 35.3 Å². The number of ketones is 1. The molecule has 0 radical (unpaired) electrons. The number of methoxy groups -OCH3 is 1. The molecule has 3 rings (SSSR count). The molecule has 0 amide bonds. The van der Waals surface area contributed by atoms with Crippen molar-refractivity contribution in [3.05, 3.63) is 53.1 Å². The van der Waals surface area contributed by atoms with Crippen molar-refractivity contribution >= 4 is 11.9 Å². The highest BCUT2D eigenvalue weighted by molar-refractivity contribution is 6.11. The van der Waals surface area contributed by atoms with Gasteiger partial charge in [0.25, 0.3) is 0 Å². The average Bonchev–Trinajstić information content (AvgIpc) is 2.62. The number of ether oxygens (including phenoxy) is 2. The fraction of sp³-hybridized carbons (Fsp3) is 0.286. The summed E-state index contributed by atoms with van der Waals surface area (Å²) in [4.78, 5) is 12.7. The molecule has 1 aliphatic rings. The molecule has 1 heterocycles. The van der Waals surface area contributed by atoms with E-state index < -0.39 is 17.5 Å². The number of fused-ring (bicyclic) bond motifs is 1. The summed E-state index contributed by atoms with van der Waals surface area (Å²) in [5, 5.41) is 30.2. The Balaban J connectivity index is 1.99. The first-order valence-corrected chi connectivity index (χ1v) is 8.54. The zero-order valence-electron chi connectivity index (χ0n) is 15.4. The molecule has 1 aliphatic heterocycles. The van der Waals surface area contributed by atoms with Gasteiger partial charge in [-0.2, -0.15) is 0 Å². The smallest absolute Gasteiger partial charge is 0.193 e.